The first-order chi connectivity index (χ1) is 13.4. The van der Waals surface area contributed by atoms with Gasteiger partial charge in [-0.3, -0.25) is 20.0 Å². The molecule has 0 fully saturated rings. The van der Waals surface area contributed by atoms with Crippen molar-refractivity contribution in [3.63, 3.8) is 0 Å². The number of nitrogens with one attached hydrogen (secondary N) is 1. The van der Waals surface area contributed by atoms with Gasteiger partial charge in [0.25, 0.3) is 5.56 Å². The monoisotopic (exact) mass is 379 g/mol. The lowest BCUT2D eigenvalue weighted by molar-refractivity contribution is -0.387. The van der Waals surface area contributed by atoms with E-state index in [1.54, 1.807) is 12.3 Å². The average molecular weight is 379 g/mol. The van der Waals surface area contributed by atoms with E-state index in [2.05, 4.69) is 10.2 Å². The fourth-order valence-electron chi connectivity index (χ4n) is 3.06. The minimum Gasteiger partial charge on any atom is -0.382 e. The van der Waals surface area contributed by atoms with Gasteiger partial charge in [0.1, 0.15) is 0 Å². The van der Waals surface area contributed by atoms with Crippen LogP contribution < -0.4 is 11.3 Å². The van der Waals surface area contributed by atoms with Crippen LogP contribution in [0.25, 0.3) is 22.0 Å². The number of halogens is 1. The number of aromatic nitrogens is 3. The van der Waals surface area contributed by atoms with Gasteiger partial charge >= 0.3 is 5.69 Å². The number of hydrogen-bond donors (Lipinski definition) is 2. The molecule has 9 heteroatoms. The number of benzene rings is 2. The van der Waals surface area contributed by atoms with E-state index in [9.17, 15) is 19.3 Å². The van der Waals surface area contributed by atoms with Crippen molar-refractivity contribution in [2.24, 2.45) is 0 Å². The van der Waals surface area contributed by atoms with Crippen LogP contribution >= 0.6 is 0 Å². The lowest BCUT2D eigenvalue weighted by Gasteiger charge is -2.10. The molecule has 0 amide bonds. The quantitative estimate of drug-likeness (QED) is 0.417. The minimum absolute atomic E-state index is 0.0604. The van der Waals surface area contributed by atoms with Crippen LogP contribution in [-0.4, -0.2) is 19.7 Å². The summed E-state index contributed by atoms with van der Waals surface area (Å²) in [6.45, 7) is -0.126. The van der Waals surface area contributed by atoms with Gasteiger partial charge in [-0.1, -0.05) is 18.2 Å². The number of anilines is 1. The van der Waals surface area contributed by atoms with Crippen molar-refractivity contribution in [3.05, 3.63) is 86.6 Å². The summed E-state index contributed by atoms with van der Waals surface area (Å²) in [5.74, 6) is -0.549. The molecule has 0 spiro atoms. The fourth-order valence-corrected chi connectivity index (χ4v) is 3.06. The third-order valence-corrected chi connectivity index (χ3v) is 4.50. The molecule has 0 saturated heterocycles. The molecule has 0 aliphatic heterocycles. The van der Waals surface area contributed by atoms with Crippen molar-refractivity contribution in [2.75, 3.05) is 5.73 Å². The molecule has 0 unspecified atom stereocenters. The topological polar surface area (TPSA) is 120 Å². The number of pyridine rings is 1. The molecule has 0 atom stereocenters. The second-order valence-corrected chi connectivity index (χ2v) is 6.26. The number of aromatic amines is 1. The number of nitrogen functional groups attached to an aromatic ring is 1. The zero-order valence-electron chi connectivity index (χ0n) is 14.4. The molecule has 0 aliphatic carbocycles. The lowest BCUT2D eigenvalue weighted by atomic mass is 10.1. The predicted octanol–water partition coefficient (Wildman–Crippen LogP) is 3.07. The number of H-pyrrole nitrogens is 1. The first-order valence-corrected chi connectivity index (χ1v) is 8.30. The highest BCUT2D eigenvalue weighted by Crippen LogP contribution is 2.26. The van der Waals surface area contributed by atoms with Crippen molar-refractivity contribution >= 4 is 22.4 Å². The fraction of sp³-hybridized carbons (Fsp3) is 0.0526. The molecular weight excluding hydrogens is 365 g/mol. The Morgan fingerprint density at radius 1 is 1.18 bits per heavy atom. The van der Waals surface area contributed by atoms with Crippen molar-refractivity contribution in [1.82, 2.24) is 14.8 Å². The van der Waals surface area contributed by atoms with Crippen molar-refractivity contribution in [3.8, 4) is 11.1 Å². The average Bonchev–Trinajstić information content (AvgIpc) is 3.05. The molecule has 4 aromatic rings. The van der Waals surface area contributed by atoms with E-state index >= 15 is 0 Å². The van der Waals surface area contributed by atoms with Crippen LogP contribution in [0.3, 0.4) is 0 Å². The molecule has 28 heavy (non-hydrogen) atoms. The summed E-state index contributed by atoms with van der Waals surface area (Å²) in [6, 6.07) is 12.4. The zero-order valence-corrected chi connectivity index (χ0v) is 14.4. The number of hydrogen-bond acceptors (Lipinski definition) is 5. The molecule has 140 valence electrons. The summed E-state index contributed by atoms with van der Waals surface area (Å²) < 4.78 is 15.7. The van der Waals surface area contributed by atoms with Crippen LogP contribution in [-0.2, 0) is 6.54 Å². The van der Waals surface area contributed by atoms with E-state index in [-0.39, 0.29) is 17.7 Å². The SMILES string of the molecule is Nc1n[nH]c2cc(-c3ccc(=O)n(Cc4cccc([N+](=O)[O-])c4F)c3)ccc12. The van der Waals surface area contributed by atoms with Gasteiger partial charge in [0.15, 0.2) is 5.82 Å². The number of nitrogens with two attached hydrogens (primary N) is 1. The Hall–Kier alpha value is -4.01. The Morgan fingerprint density at radius 3 is 2.75 bits per heavy atom. The molecule has 0 saturated carbocycles. The molecule has 2 heterocycles. The predicted molar refractivity (Wildman–Crippen MR) is 102 cm³/mol. The number of nitro groups is 1. The molecule has 4 rings (SSSR count). The molecular formula is C19H14FN5O3. The van der Waals surface area contributed by atoms with E-state index < -0.39 is 16.4 Å². The van der Waals surface area contributed by atoms with E-state index in [4.69, 9.17) is 5.73 Å². The van der Waals surface area contributed by atoms with E-state index in [1.165, 1.54) is 22.8 Å². The van der Waals surface area contributed by atoms with Gasteiger partial charge in [-0.15, -0.1) is 0 Å². The van der Waals surface area contributed by atoms with Crippen molar-refractivity contribution in [2.45, 2.75) is 6.54 Å². The number of rotatable bonds is 4. The molecule has 8 nitrogen and oxygen atoms in total. The largest absolute Gasteiger partial charge is 0.382 e. The third kappa shape index (κ3) is 2.98. The van der Waals surface area contributed by atoms with Crippen LogP contribution in [0.5, 0.6) is 0 Å². The summed E-state index contributed by atoms with van der Waals surface area (Å²) in [5, 5.41) is 18.5. The number of fused-ring (bicyclic) bond motifs is 1. The first-order valence-electron chi connectivity index (χ1n) is 8.30. The maximum atomic E-state index is 14.4. The summed E-state index contributed by atoms with van der Waals surface area (Å²) in [4.78, 5) is 22.4. The van der Waals surface area contributed by atoms with Crippen LogP contribution in [0, 0.1) is 15.9 Å². The highest BCUT2D eigenvalue weighted by molar-refractivity contribution is 5.91. The first kappa shape index (κ1) is 17.4. The smallest absolute Gasteiger partial charge is 0.305 e. The Labute approximate surface area is 157 Å². The number of nitrogens with zero attached hydrogens (tertiary/aromatic N) is 3. The number of nitro benzene ring substituents is 1. The van der Waals surface area contributed by atoms with Crippen LogP contribution in [0.1, 0.15) is 5.56 Å². The third-order valence-electron chi connectivity index (χ3n) is 4.50. The maximum Gasteiger partial charge on any atom is 0.305 e. The molecule has 2 aromatic carbocycles. The van der Waals surface area contributed by atoms with Gasteiger partial charge in [-0.25, -0.2) is 0 Å². The van der Waals surface area contributed by atoms with Gasteiger partial charge in [0.05, 0.1) is 17.0 Å². The summed E-state index contributed by atoms with van der Waals surface area (Å²) in [5.41, 5.74) is 7.14. The second kappa shape index (κ2) is 6.62. The Balaban J connectivity index is 1.74. The van der Waals surface area contributed by atoms with Gasteiger partial charge < -0.3 is 10.3 Å². The minimum atomic E-state index is -0.945. The van der Waals surface area contributed by atoms with Gasteiger partial charge in [-0.2, -0.15) is 9.49 Å². The Kier molecular flexibility index (Phi) is 4.11. The molecule has 0 aliphatic rings. The summed E-state index contributed by atoms with van der Waals surface area (Å²) in [7, 11) is 0. The normalized spacial score (nSPS) is 11.0. The van der Waals surface area contributed by atoms with Crippen LogP contribution in [0.4, 0.5) is 15.9 Å². The molecule has 2 aromatic heterocycles. The van der Waals surface area contributed by atoms with Gasteiger partial charge in [0, 0.05) is 29.3 Å². The second-order valence-electron chi connectivity index (χ2n) is 6.26. The Bertz CT molecular complexity index is 1280. The van der Waals surface area contributed by atoms with E-state index in [1.807, 2.05) is 18.2 Å². The molecule has 0 bridgehead atoms. The highest BCUT2D eigenvalue weighted by atomic mass is 19.1. The van der Waals surface area contributed by atoms with Crippen LogP contribution in [0.2, 0.25) is 0 Å². The summed E-state index contributed by atoms with van der Waals surface area (Å²) >= 11 is 0. The zero-order chi connectivity index (χ0) is 19.8. The van der Waals surface area contributed by atoms with Gasteiger partial charge in [-0.05, 0) is 29.3 Å². The van der Waals surface area contributed by atoms with E-state index in [0.717, 1.165) is 28.1 Å². The van der Waals surface area contributed by atoms with Crippen molar-refractivity contribution in [1.29, 1.82) is 0 Å². The van der Waals surface area contributed by atoms with Crippen molar-refractivity contribution < 1.29 is 9.31 Å². The summed E-state index contributed by atoms with van der Waals surface area (Å²) in [6.07, 6.45) is 1.58. The van der Waals surface area contributed by atoms with Gasteiger partial charge in [0.2, 0.25) is 5.82 Å². The lowest BCUT2D eigenvalue weighted by Crippen LogP contribution is -2.19. The maximum absolute atomic E-state index is 14.4. The highest BCUT2D eigenvalue weighted by Gasteiger charge is 2.17. The molecule has 0 radical (unpaired) electrons. The van der Waals surface area contributed by atoms with Crippen LogP contribution in [0.15, 0.2) is 59.5 Å². The standard InChI is InChI=1S/C19H14FN5O3/c20-18-13(2-1-3-16(18)25(27)28)10-24-9-12(5-7-17(24)26)11-4-6-14-15(8-11)22-23-19(14)21/h1-9H,10H2,(H3,21,22,23). The molecule has 3 N–H and O–H groups in total. The Morgan fingerprint density at radius 2 is 1.96 bits per heavy atom. The van der Waals surface area contributed by atoms with E-state index in [0.29, 0.717) is 5.82 Å².